The lowest BCUT2D eigenvalue weighted by Crippen LogP contribution is -2.37. The van der Waals surface area contributed by atoms with Gasteiger partial charge >= 0.3 is 12.3 Å². The minimum Gasteiger partial charge on any atom is -0.465 e. The standard InChI is InChI=1S/C8H11F3N2O2/c9-8(10,11)3-12-6-4-1-13(7(14)15)2-5(4)6/h4-6,12H,1-3H2,(H,14,15)/t4-,5-/m1/s1. The average Bonchev–Trinajstić information content (AvgIpc) is 2.55. The van der Waals surface area contributed by atoms with E-state index in [1.165, 1.54) is 4.90 Å². The predicted molar refractivity (Wildman–Crippen MR) is 44.4 cm³/mol. The van der Waals surface area contributed by atoms with Gasteiger partial charge in [-0.15, -0.1) is 0 Å². The molecule has 2 rings (SSSR count). The van der Waals surface area contributed by atoms with Crippen molar-refractivity contribution in [2.45, 2.75) is 12.2 Å². The molecule has 1 amide bonds. The monoisotopic (exact) mass is 224 g/mol. The second-order valence-electron chi connectivity index (χ2n) is 4.04. The van der Waals surface area contributed by atoms with Crippen molar-refractivity contribution in [3.8, 4) is 0 Å². The summed E-state index contributed by atoms with van der Waals surface area (Å²) in [6.45, 7) is -0.275. The normalized spacial score (nSPS) is 34.1. The summed E-state index contributed by atoms with van der Waals surface area (Å²) in [6, 6.07) is -0.151. The van der Waals surface area contributed by atoms with E-state index in [0.717, 1.165) is 0 Å². The Morgan fingerprint density at radius 3 is 2.33 bits per heavy atom. The second-order valence-corrected chi connectivity index (χ2v) is 4.04. The zero-order valence-electron chi connectivity index (χ0n) is 7.79. The second kappa shape index (κ2) is 3.26. The van der Waals surface area contributed by atoms with Gasteiger partial charge in [0.25, 0.3) is 0 Å². The third kappa shape index (κ3) is 2.17. The van der Waals surface area contributed by atoms with Crippen LogP contribution in [0.15, 0.2) is 0 Å². The number of halogens is 3. The van der Waals surface area contributed by atoms with Crippen LogP contribution in [0.5, 0.6) is 0 Å². The molecule has 2 aliphatic rings. The maximum atomic E-state index is 11.9. The Kier molecular flexibility index (Phi) is 2.29. The lowest BCUT2D eigenvalue weighted by atomic mass is 10.4. The number of nitrogens with one attached hydrogen (secondary N) is 1. The van der Waals surface area contributed by atoms with E-state index in [4.69, 9.17) is 5.11 Å². The van der Waals surface area contributed by atoms with Crippen LogP contribution in [0.25, 0.3) is 0 Å². The van der Waals surface area contributed by atoms with Gasteiger partial charge < -0.3 is 15.3 Å². The van der Waals surface area contributed by atoms with Crippen molar-refractivity contribution < 1.29 is 23.1 Å². The number of rotatable bonds is 2. The molecule has 4 nitrogen and oxygen atoms in total. The number of alkyl halides is 3. The van der Waals surface area contributed by atoms with Crippen LogP contribution in [0.1, 0.15) is 0 Å². The minimum absolute atomic E-state index is 0.0726. The van der Waals surface area contributed by atoms with E-state index in [1.807, 2.05) is 0 Å². The first kappa shape index (κ1) is 10.5. The van der Waals surface area contributed by atoms with Crippen molar-refractivity contribution in [3.05, 3.63) is 0 Å². The van der Waals surface area contributed by atoms with Crippen LogP contribution in [0.3, 0.4) is 0 Å². The van der Waals surface area contributed by atoms with Gasteiger partial charge in [-0.1, -0.05) is 0 Å². The Balaban J connectivity index is 1.73. The Labute approximate surface area is 84.0 Å². The van der Waals surface area contributed by atoms with Crippen LogP contribution in [0.2, 0.25) is 0 Å². The van der Waals surface area contributed by atoms with Gasteiger partial charge in [0.2, 0.25) is 0 Å². The van der Waals surface area contributed by atoms with Crippen molar-refractivity contribution >= 4 is 6.09 Å². The molecule has 2 fully saturated rings. The SMILES string of the molecule is O=C(O)N1C[C@H]2C(NCC(F)(F)F)[C@@H]2C1. The number of nitrogens with zero attached hydrogens (tertiary/aromatic N) is 1. The molecule has 1 saturated carbocycles. The smallest absolute Gasteiger partial charge is 0.407 e. The number of hydrogen-bond acceptors (Lipinski definition) is 2. The highest BCUT2D eigenvalue weighted by molar-refractivity contribution is 5.65. The van der Waals surface area contributed by atoms with E-state index in [9.17, 15) is 18.0 Å². The molecular formula is C8H11F3N2O2. The van der Waals surface area contributed by atoms with Crippen molar-refractivity contribution in [2.75, 3.05) is 19.6 Å². The molecule has 2 atom stereocenters. The van der Waals surface area contributed by atoms with Gasteiger partial charge in [-0.05, 0) is 11.8 Å². The third-order valence-electron chi connectivity index (χ3n) is 3.00. The largest absolute Gasteiger partial charge is 0.465 e. The van der Waals surface area contributed by atoms with Gasteiger partial charge in [0.05, 0.1) is 6.54 Å². The first-order chi connectivity index (χ1) is 6.88. The van der Waals surface area contributed by atoms with Crippen LogP contribution >= 0.6 is 0 Å². The first-order valence-corrected chi connectivity index (χ1v) is 4.66. The third-order valence-corrected chi connectivity index (χ3v) is 3.00. The summed E-state index contributed by atoms with van der Waals surface area (Å²) in [4.78, 5) is 11.8. The van der Waals surface area contributed by atoms with E-state index in [-0.39, 0.29) is 17.9 Å². The predicted octanol–water partition coefficient (Wildman–Crippen LogP) is 0.746. The molecule has 0 bridgehead atoms. The van der Waals surface area contributed by atoms with Crippen molar-refractivity contribution in [3.63, 3.8) is 0 Å². The molecular weight excluding hydrogens is 213 g/mol. The first-order valence-electron chi connectivity index (χ1n) is 4.66. The number of amides is 1. The lowest BCUT2D eigenvalue weighted by Gasteiger charge is -2.16. The van der Waals surface area contributed by atoms with Gasteiger partial charge in [-0.25, -0.2) is 4.79 Å². The van der Waals surface area contributed by atoms with Gasteiger partial charge in [0.1, 0.15) is 0 Å². The number of carbonyl (C=O) groups is 1. The fraction of sp³-hybridized carbons (Fsp3) is 0.875. The summed E-state index contributed by atoms with van der Waals surface area (Å²) in [5.41, 5.74) is 0. The molecule has 0 aromatic heterocycles. The van der Waals surface area contributed by atoms with E-state index in [0.29, 0.717) is 13.1 Å². The summed E-state index contributed by atoms with van der Waals surface area (Å²) < 4.78 is 35.6. The molecule has 1 saturated heterocycles. The van der Waals surface area contributed by atoms with Gasteiger partial charge in [-0.3, -0.25) is 0 Å². The number of likely N-dealkylation sites (tertiary alicyclic amines) is 1. The summed E-state index contributed by atoms with van der Waals surface area (Å²) in [6.07, 6.45) is -5.18. The van der Waals surface area contributed by atoms with E-state index in [1.54, 1.807) is 0 Å². The fourth-order valence-electron chi connectivity index (χ4n) is 2.22. The highest BCUT2D eigenvalue weighted by Crippen LogP contribution is 2.45. The molecule has 15 heavy (non-hydrogen) atoms. The molecule has 0 aromatic rings. The Morgan fingerprint density at radius 1 is 1.40 bits per heavy atom. The summed E-state index contributed by atoms with van der Waals surface area (Å²) in [5.74, 6) is 0.145. The van der Waals surface area contributed by atoms with Crippen molar-refractivity contribution in [1.29, 1.82) is 0 Å². The molecule has 86 valence electrons. The Hall–Kier alpha value is -0.980. The highest BCUT2D eigenvalue weighted by atomic mass is 19.4. The molecule has 1 aliphatic carbocycles. The molecule has 2 N–H and O–H groups in total. The maximum Gasteiger partial charge on any atom is 0.407 e. The lowest BCUT2D eigenvalue weighted by molar-refractivity contribution is -0.125. The van der Waals surface area contributed by atoms with Crippen molar-refractivity contribution in [2.24, 2.45) is 11.8 Å². The van der Waals surface area contributed by atoms with E-state index in [2.05, 4.69) is 5.32 Å². The van der Waals surface area contributed by atoms with Crippen LogP contribution in [-0.2, 0) is 0 Å². The molecule has 0 aromatic carbocycles. The van der Waals surface area contributed by atoms with Gasteiger partial charge in [-0.2, -0.15) is 13.2 Å². The number of hydrogen-bond donors (Lipinski definition) is 2. The summed E-state index contributed by atoms with van der Waals surface area (Å²) >= 11 is 0. The zero-order valence-corrected chi connectivity index (χ0v) is 7.79. The molecule has 0 spiro atoms. The Bertz CT molecular complexity index is 270. The van der Waals surface area contributed by atoms with E-state index < -0.39 is 18.8 Å². The fourth-order valence-corrected chi connectivity index (χ4v) is 2.22. The van der Waals surface area contributed by atoms with E-state index >= 15 is 0 Å². The van der Waals surface area contributed by atoms with Gasteiger partial charge in [0, 0.05) is 19.1 Å². The number of carboxylic acid groups (broad SMARTS) is 1. The van der Waals surface area contributed by atoms with Crippen molar-refractivity contribution in [1.82, 2.24) is 10.2 Å². The van der Waals surface area contributed by atoms with Crippen LogP contribution in [0.4, 0.5) is 18.0 Å². The minimum atomic E-state index is -4.19. The quantitative estimate of drug-likeness (QED) is 0.727. The highest BCUT2D eigenvalue weighted by Gasteiger charge is 2.57. The molecule has 0 unspecified atom stereocenters. The summed E-state index contributed by atoms with van der Waals surface area (Å²) in [5, 5.41) is 11.0. The van der Waals surface area contributed by atoms with Crippen LogP contribution in [0, 0.1) is 11.8 Å². The molecule has 1 aliphatic heterocycles. The number of piperidine rings is 1. The molecule has 7 heteroatoms. The van der Waals surface area contributed by atoms with Crippen LogP contribution < -0.4 is 5.32 Å². The average molecular weight is 224 g/mol. The zero-order chi connectivity index (χ0) is 11.2. The van der Waals surface area contributed by atoms with Gasteiger partial charge in [0.15, 0.2) is 0 Å². The maximum absolute atomic E-state index is 11.9. The summed E-state index contributed by atoms with van der Waals surface area (Å²) in [7, 11) is 0. The van der Waals surface area contributed by atoms with Crippen LogP contribution in [-0.4, -0.2) is 48.0 Å². The Morgan fingerprint density at radius 2 is 1.93 bits per heavy atom. The number of fused-ring (bicyclic) bond motifs is 1. The topological polar surface area (TPSA) is 52.6 Å². The molecule has 1 heterocycles. The molecule has 0 radical (unpaired) electrons.